The number of nitrogens with two attached hydrogens (primary N) is 1. The predicted molar refractivity (Wildman–Crippen MR) is 92.6 cm³/mol. The Morgan fingerprint density at radius 1 is 1.35 bits per heavy atom. The minimum atomic E-state index is -0.148. The van der Waals surface area contributed by atoms with Crippen LogP contribution in [0.15, 0.2) is 36.5 Å². The molecule has 118 valence electrons. The molecule has 0 fully saturated rings. The number of hydrogen-bond donors (Lipinski definition) is 1. The van der Waals surface area contributed by atoms with Gasteiger partial charge in [-0.15, -0.1) is 11.3 Å². The third-order valence-electron chi connectivity index (χ3n) is 3.52. The molecule has 3 rings (SSSR count). The summed E-state index contributed by atoms with van der Waals surface area (Å²) in [5, 5.41) is 5.19. The second kappa shape index (κ2) is 6.34. The summed E-state index contributed by atoms with van der Waals surface area (Å²) in [4.78, 5) is 18.0. The number of benzene rings is 1. The van der Waals surface area contributed by atoms with Gasteiger partial charge in [0.1, 0.15) is 4.88 Å². The van der Waals surface area contributed by atoms with E-state index in [2.05, 4.69) is 17.0 Å². The highest BCUT2D eigenvalue weighted by atomic mass is 32.1. The van der Waals surface area contributed by atoms with E-state index in [1.54, 1.807) is 6.20 Å². The zero-order chi connectivity index (χ0) is 16.4. The van der Waals surface area contributed by atoms with E-state index in [0.717, 1.165) is 34.8 Å². The van der Waals surface area contributed by atoms with Crippen LogP contribution in [0.25, 0.3) is 11.3 Å². The zero-order valence-electron chi connectivity index (χ0n) is 13.1. The van der Waals surface area contributed by atoms with Crippen molar-refractivity contribution >= 4 is 22.9 Å². The molecular weight excluding hydrogens is 308 g/mol. The Morgan fingerprint density at radius 2 is 2.17 bits per heavy atom. The van der Waals surface area contributed by atoms with Gasteiger partial charge in [0.25, 0.3) is 5.91 Å². The highest BCUT2D eigenvalue weighted by Gasteiger charge is 2.20. The van der Waals surface area contributed by atoms with E-state index in [4.69, 9.17) is 5.73 Å². The molecule has 0 unspecified atom stereocenters. The van der Waals surface area contributed by atoms with E-state index < -0.39 is 0 Å². The highest BCUT2D eigenvalue weighted by molar-refractivity contribution is 7.13. The average Bonchev–Trinajstić information content (AvgIpc) is 3.14. The number of nitrogens with zero attached hydrogens (tertiary/aromatic N) is 3. The Kier molecular flexibility index (Phi) is 4.25. The number of carbonyl (C=O) groups is 1. The summed E-state index contributed by atoms with van der Waals surface area (Å²) in [7, 11) is 0. The van der Waals surface area contributed by atoms with Crippen molar-refractivity contribution in [3.05, 3.63) is 52.1 Å². The van der Waals surface area contributed by atoms with Gasteiger partial charge in [-0.05, 0) is 38.0 Å². The summed E-state index contributed by atoms with van der Waals surface area (Å²) in [6.45, 7) is 3.97. The van der Waals surface area contributed by atoms with Crippen LogP contribution in [0, 0.1) is 6.92 Å². The lowest BCUT2D eigenvalue weighted by Gasteiger charge is -2.06. The molecule has 0 bridgehead atoms. The second-order valence-electron chi connectivity index (χ2n) is 5.33. The number of anilines is 1. The molecule has 0 spiro atoms. The first-order valence-corrected chi connectivity index (χ1v) is 8.32. The fraction of sp³-hybridized carbons (Fsp3) is 0.235. The van der Waals surface area contributed by atoms with Crippen LogP contribution < -0.4 is 5.73 Å². The van der Waals surface area contributed by atoms with Gasteiger partial charge < -0.3 is 5.73 Å². The molecule has 0 saturated carbocycles. The quantitative estimate of drug-likeness (QED) is 0.744. The summed E-state index contributed by atoms with van der Waals surface area (Å²) in [6.07, 6.45) is 3.52. The molecule has 0 aliphatic rings. The number of nitrogen functional groups attached to an aromatic ring is 1. The maximum absolute atomic E-state index is 12.9. The summed E-state index contributed by atoms with van der Waals surface area (Å²) in [6, 6.07) is 9.25. The van der Waals surface area contributed by atoms with Gasteiger partial charge in [0, 0.05) is 11.3 Å². The van der Waals surface area contributed by atoms with Crippen LogP contribution in [-0.4, -0.2) is 20.7 Å². The van der Waals surface area contributed by atoms with E-state index in [9.17, 15) is 4.79 Å². The number of hydrogen-bond acceptors (Lipinski definition) is 5. The van der Waals surface area contributed by atoms with Crippen LogP contribution in [0.3, 0.4) is 0 Å². The van der Waals surface area contributed by atoms with Gasteiger partial charge >= 0.3 is 0 Å². The average molecular weight is 326 g/mol. The van der Waals surface area contributed by atoms with Crippen LogP contribution in [0.2, 0.25) is 0 Å². The molecule has 5 nitrogen and oxygen atoms in total. The fourth-order valence-electron chi connectivity index (χ4n) is 2.45. The van der Waals surface area contributed by atoms with Crippen LogP contribution in [0.4, 0.5) is 5.69 Å². The van der Waals surface area contributed by atoms with Crippen molar-refractivity contribution in [3.8, 4) is 11.3 Å². The topological polar surface area (TPSA) is 73.8 Å². The highest BCUT2D eigenvalue weighted by Crippen LogP contribution is 2.25. The van der Waals surface area contributed by atoms with E-state index in [1.807, 2.05) is 37.3 Å². The molecule has 2 heterocycles. The number of aromatic nitrogens is 3. The summed E-state index contributed by atoms with van der Waals surface area (Å²) in [5.41, 5.74) is 8.85. The molecule has 0 saturated heterocycles. The van der Waals surface area contributed by atoms with Crippen molar-refractivity contribution in [2.24, 2.45) is 0 Å². The van der Waals surface area contributed by atoms with Gasteiger partial charge in [0.05, 0.1) is 22.6 Å². The number of thiazole rings is 1. The largest absolute Gasteiger partial charge is 0.399 e. The zero-order valence-corrected chi connectivity index (χ0v) is 13.9. The SMILES string of the molecule is CCCc1nc(C)c(C(=O)n2nccc2-c2cccc(N)c2)s1. The maximum Gasteiger partial charge on any atom is 0.290 e. The molecule has 0 amide bonds. The first-order valence-electron chi connectivity index (χ1n) is 7.51. The monoisotopic (exact) mass is 326 g/mol. The molecule has 2 aromatic heterocycles. The van der Waals surface area contributed by atoms with Gasteiger partial charge in [-0.1, -0.05) is 19.1 Å². The van der Waals surface area contributed by atoms with E-state index in [-0.39, 0.29) is 5.91 Å². The Labute approximate surface area is 138 Å². The van der Waals surface area contributed by atoms with Crippen LogP contribution in [-0.2, 0) is 6.42 Å². The Bertz CT molecular complexity index is 850. The lowest BCUT2D eigenvalue weighted by Crippen LogP contribution is -2.14. The minimum absolute atomic E-state index is 0.148. The van der Waals surface area contributed by atoms with Gasteiger partial charge in [0.15, 0.2) is 0 Å². The molecule has 0 aliphatic carbocycles. The van der Waals surface area contributed by atoms with Crippen LogP contribution in [0.1, 0.15) is 33.7 Å². The molecule has 1 aromatic carbocycles. The van der Waals surface area contributed by atoms with Crippen LogP contribution >= 0.6 is 11.3 Å². The Morgan fingerprint density at radius 3 is 2.91 bits per heavy atom. The number of aryl methyl sites for hydroxylation is 2. The molecule has 0 radical (unpaired) electrons. The molecule has 23 heavy (non-hydrogen) atoms. The van der Waals surface area contributed by atoms with E-state index in [1.165, 1.54) is 16.0 Å². The van der Waals surface area contributed by atoms with Crippen molar-refractivity contribution in [3.63, 3.8) is 0 Å². The van der Waals surface area contributed by atoms with Crippen molar-refractivity contribution in [1.82, 2.24) is 14.8 Å². The third-order valence-corrected chi connectivity index (χ3v) is 4.72. The molecule has 0 aliphatic heterocycles. The Hall–Kier alpha value is -2.47. The fourth-order valence-corrected chi connectivity index (χ4v) is 3.54. The van der Waals surface area contributed by atoms with Crippen molar-refractivity contribution < 1.29 is 4.79 Å². The summed E-state index contributed by atoms with van der Waals surface area (Å²) < 4.78 is 1.42. The molecule has 2 N–H and O–H groups in total. The van der Waals surface area contributed by atoms with Crippen molar-refractivity contribution in [2.75, 3.05) is 5.73 Å². The Balaban J connectivity index is 2.00. The number of carbonyl (C=O) groups excluding carboxylic acids is 1. The normalized spacial score (nSPS) is 10.9. The second-order valence-corrected chi connectivity index (χ2v) is 6.41. The standard InChI is InChI=1S/C17H18N4OS/c1-3-5-15-20-11(2)16(23-15)17(22)21-14(8-9-19-21)12-6-4-7-13(18)10-12/h4,6-10H,3,5,18H2,1-2H3. The van der Waals surface area contributed by atoms with Crippen LogP contribution in [0.5, 0.6) is 0 Å². The van der Waals surface area contributed by atoms with Gasteiger partial charge in [0.2, 0.25) is 0 Å². The smallest absolute Gasteiger partial charge is 0.290 e. The van der Waals surface area contributed by atoms with Crippen molar-refractivity contribution in [1.29, 1.82) is 0 Å². The summed E-state index contributed by atoms with van der Waals surface area (Å²) >= 11 is 1.45. The lowest BCUT2D eigenvalue weighted by atomic mass is 10.1. The first kappa shape index (κ1) is 15.4. The van der Waals surface area contributed by atoms with E-state index >= 15 is 0 Å². The lowest BCUT2D eigenvalue weighted by molar-refractivity contribution is 0.0950. The van der Waals surface area contributed by atoms with Crippen molar-refractivity contribution in [2.45, 2.75) is 26.7 Å². The van der Waals surface area contributed by atoms with Gasteiger partial charge in [-0.2, -0.15) is 9.78 Å². The molecular formula is C17H18N4OS. The first-order chi connectivity index (χ1) is 11.1. The summed E-state index contributed by atoms with van der Waals surface area (Å²) in [5.74, 6) is -0.148. The predicted octanol–water partition coefficient (Wildman–Crippen LogP) is 3.54. The van der Waals surface area contributed by atoms with Gasteiger partial charge in [-0.3, -0.25) is 4.79 Å². The van der Waals surface area contributed by atoms with Gasteiger partial charge in [-0.25, -0.2) is 4.98 Å². The maximum atomic E-state index is 12.9. The molecule has 0 atom stereocenters. The van der Waals surface area contributed by atoms with E-state index in [0.29, 0.717) is 10.6 Å². The minimum Gasteiger partial charge on any atom is -0.399 e. The molecule has 3 aromatic rings. The third kappa shape index (κ3) is 3.03. The number of rotatable bonds is 4. The molecule has 6 heteroatoms.